The van der Waals surface area contributed by atoms with Crippen molar-refractivity contribution >= 4 is 22.9 Å². The fourth-order valence-corrected chi connectivity index (χ4v) is 4.00. The van der Waals surface area contributed by atoms with Crippen molar-refractivity contribution in [3.63, 3.8) is 0 Å². The van der Waals surface area contributed by atoms with Crippen molar-refractivity contribution in [2.45, 2.75) is 84.7 Å². The van der Waals surface area contributed by atoms with E-state index in [0.717, 1.165) is 54.8 Å². The van der Waals surface area contributed by atoms with Crippen LogP contribution in [0.1, 0.15) is 78.2 Å². The number of benzene rings is 2. The minimum atomic E-state index is -0.835. The number of fused-ring (bicyclic) bond motifs is 1. The number of para-hydroxylation sites is 3. The summed E-state index contributed by atoms with van der Waals surface area (Å²) in [7, 11) is 0. The molecule has 1 heterocycles. The first-order chi connectivity index (χ1) is 16.4. The number of Topliss-reactive ketones (excluding diaryl/α,β-unsaturated/α-hetero) is 1. The van der Waals surface area contributed by atoms with E-state index in [1.54, 1.807) is 6.92 Å². The maximum absolute atomic E-state index is 11.9. The van der Waals surface area contributed by atoms with Gasteiger partial charge in [0.05, 0.1) is 0 Å². The first-order valence-electron chi connectivity index (χ1n) is 12.8. The Morgan fingerprint density at radius 2 is 1.62 bits per heavy atom. The van der Waals surface area contributed by atoms with Crippen LogP contribution in [0.4, 0.5) is 6.01 Å². The van der Waals surface area contributed by atoms with Gasteiger partial charge in [-0.15, -0.1) is 0 Å². The number of carbonyl (C=O) groups is 1. The third-order valence-corrected chi connectivity index (χ3v) is 6.39. The van der Waals surface area contributed by atoms with Crippen LogP contribution in [0.5, 0.6) is 5.75 Å². The molecule has 0 aliphatic rings. The molecule has 0 fully saturated rings. The number of nitrogens with zero attached hydrogens (tertiary/aromatic N) is 2. The van der Waals surface area contributed by atoms with E-state index in [2.05, 4.69) is 17.9 Å². The summed E-state index contributed by atoms with van der Waals surface area (Å²) < 4.78 is 12.2. The minimum Gasteiger partial charge on any atom is -0.480 e. The number of aromatic nitrogens is 1. The maximum atomic E-state index is 11.9. The summed E-state index contributed by atoms with van der Waals surface area (Å²) in [6.07, 6.45) is 9.34. The Labute approximate surface area is 204 Å². The fourth-order valence-electron chi connectivity index (χ4n) is 4.00. The number of oxazole rings is 1. The van der Waals surface area contributed by atoms with E-state index in [-0.39, 0.29) is 5.78 Å². The summed E-state index contributed by atoms with van der Waals surface area (Å²) >= 11 is 0. The first kappa shape index (κ1) is 25.8. The van der Waals surface area contributed by atoms with Gasteiger partial charge in [0.15, 0.2) is 17.0 Å². The van der Waals surface area contributed by atoms with Gasteiger partial charge < -0.3 is 14.1 Å². The Balaban J connectivity index is 1.64. The second-order valence-corrected chi connectivity index (χ2v) is 9.60. The number of aryl methyl sites for hydroxylation is 1. The van der Waals surface area contributed by atoms with Crippen LogP contribution in [-0.4, -0.2) is 29.5 Å². The molecule has 5 heteroatoms. The lowest BCUT2D eigenvalue weighted by Crippen LogP contribution is -2.36. The molecule has 0 aliphatic heterocycles. The monoisotopic (exact) mass is 464 g/mol. The molecule has 0 saturated heterocycles. The number of unbranched alkanes of at least 4 members (excludes halogenated alkanes) is 5. The van der Waals surface area contributed by atoms with Crippen LogP contribution >= 0.6 is 0 Å². The van der Waals surface area contributed by atoms with Crippen LogP contribution in [-0.2, 0) is 11.2 Å². The van der Waals surface area contributed by atoms with Crippen molar-refractivity contribution in [2.75, 3.05) is 18.0 Å². The summed E-state index contributed by atoms with van der Waals surface area (Å²) in [5.41, 5.74) is 2.01. The molecule has 0 saturated carbocycles. The van der Waals surface area contributed by atoms with Crippen molar-refractivity contribution < 1.29 is 13.9 Å². The molecule has 0 N–H and O–H groups in total. The lowest BCUT2D eigenvalue weighted by atomic mass is 10.0. The number of hydrogen-bond acceptors (Lipinski definition) is 5. The highest BCUT2D eigenvalue weighted by atomic mass is 16.5. The highest BCUT2D eigenvalue weighted by molar-refractivity contribution is 5.84. The predicted molar refractivity (Wildman–Crippen MR) is 140 cm³/mol. The third-order valence-electron chi connectivity index (χ3n) is 6.39. The second kappa shape index (κ2) is 12.6. The number of carbonyl (C=O) groups excluding carboxylic acids is 1. The van der Waals surface area contributed by atoms with E-state index in [1.165, 1.54) is 32.1 Å². The zero-order chi connectivity index (χ0) is 24.4. The van der Waals surface area contributed by atoms with E-state index >= 15 is 0 Å². The van der Waals surface area contributed by atoms with Gasteiger partial charge in [-0.25, -0.2) is 0 Å². The van der Waals surface area contributed by atoms with Gasteiger partial charge in [-0.3, -0.25) is 4.79 Å². The van der Waals surface area contributed by atoms with E-state index in [0.29, 0.717) is 6.01 Å². The summed E-state index contributed by atoms with van der Waals surface area (Å²) in [6.45, 7) is 9.26. The van der Waals surface area contributed by atoms with Gasteiger partial charge in [0, 0.05) is 13.1 Å². The zero-order valence-corrected chi connectivity index (χ0v) is 21.3. The molecule has 184 valence electrons. The van der Waals surface area contributed by atoms with Crippen molar-refractivity contribution in [3.8, 4) is 5.75 Å². The molecule has 2 aromatic carbocycles. The molecule has 5 nitrogen and oxygen atoms in total. The van der Waals surface area contributed by atoms with Gasteiger partial charge in [0.25, 0.3) is 6.01 Å². The average Bonchev–Trinajstić information content (AvgIpc) is 3.25. The SMILES string of the molecule is CCCCCCCCN(CCCc1ccccc1OC(C)(C)C(C)=O)c1nc2ccccc2o1. The third kappa shape index (κ3) is 7.34. The summed E-state index contributed by atoms with van der Waals surface area (Å²) in [5, 5.41) is 0. The Bertz CT molecular complexity index is 1010. The summed E-state index contributed by atoms with van der Waals surface area (Å²) in [5.74, 6) is 0.801. The molecule has 0 unspecified atom stereocenters. The zero-order valence-electron chi connectivity index (χ0n) is 21.3. The lowest BCUT2D eigenvalue weighted by Gasteiger charge is -2.25. The smallest absolute Gasteiger partial charge is 0.298 e. The molecule has 0 radical (unpaired) electrons. The first-order valence-corrected chi connectivity index (χ1v) is 12.8. The van der Waals surface area contributed by atoms with Gasteiger partial charge in [-0.1, -0.05) is 69.4 Å². The van der Waals surface area contributed by atoms with Crippen molar-refractivity contribution in [1.82, 2.24) is 4.98 Å². The molecule has 0 aliphatic carbocycles. The topological polar surface area (TPSA) is 55.6 Å². The van der Waals surface area contributed by atoms with Crippen LogP contribution in [0.25, 0.3) is 11.1 Å². The second-order valence-electron chi connectivity index (χ2n) is 9.60. The molecular formula is C29H40N2O3. The van der Waals surface area contributed by atoms with Gasteiger partial charge in [-0.2, -0.15) is 4.98 Å². The number of rotatable bonds is 15. The Kier molecular flexibility index (Phi) is 9.55. The van der Waals surface area contributed by atoms with E-state index in [4.69, 9.17) is 14.1 Å². The molecule has 3 aromatic rings. The number of ketones is 1. The Morgan fingerprint density at radius 1 is 0.941 bits per heavy atom. The van der Waals surface area contributed by atoms with Crippen LogP contribution in [0.2, 0.25) is 0 Å². The van der Waals surface area contributed by atoms with Crippen LogP contribution < -0.4 is 9.64 Å². The number of anilines is 1. The Morgan fingerprint density at radius 3 is 2.38 bits per heavy atom. The van der Waals surface area contributed by atoms with Crippen molar-refractivity contribution in [2.24, 2.45) is 0 Å². The van der Waals surface area contributed by atoms with E-state index < -0.39 is 5.60 Å². The molecule has 3 rings (SSSR count). The van der Waals surface area contributed by atoms with Gasteiger partial charge in [0.2, 0.25) is 0 Å². The minimum absolute atomic E-state index is 0.0170. The summed E-state index contributed by atoms with van der Waals surface area (Å²) in [4.78, 5) is 19.0. The van der Waals surface area contributed by atoms with Crippen LogP contribution in [0.15, 0.2) is 52.9 Å². The molecular weight excluding hydrogens is 424 g/mol. The highest BCUT2D eigenvalue weighted by Gasteiger charge is 2.26. The van der Waals surface area contributed by atoms with Gasteiger partial charge in [0.1, 0.15) is 11.3 Å². The Hall–Kier alpha value is -2.82. The highest BCUT2D eigenvalue weighted by Crippen LogP contribution is 2.26. The molecule has 1 aromatic heterocycles. The lowest BCUT2D eigenvalue weighted by molar-refractivity contribution is -0.129. The molecule has 0 spiro atoms. The molecule has 0 amide bonds. The van der Waals surface area contributed by atoms with Crippen LogP contribution in [0.3, 0.4) is 0 Å². The quantitative estimate of drug-likeness (QED) is 0.220. The standard InChI is InChI=1S/C29H40N2O3/c1-5-6-7-8-9-14-21-31(28-30-25-18-11-13-20-27(25)33-28)22-15-17-24-16-10-12-19-26(24)34-29(3,4)23(2)32/h10-13,16,18-20H,5-9,14-15,17,21-22H2,1-4H3. The molecule has 34 heavy (non-hydrogen) atoms. The normalized spacial score (nSPS) is 11.6. The van der Waals surface area contributed by atoms with Gasteiger partial charge in [-0.05, 0) is 63.8 Å². The fraction of sp³-hybridized carbons (Fsp3) is 0.517. The number of ether oxygens (including phenoxy) is 1. The van der Waals surface area contributed by atoms with Crippen molar-refractivity contribution in [3.05, 3.63) is 54.1 Å². The van der Waals surface area contributed by atoms with Crippen molar-refractivity contribution in [1.29, 1.82) is 0 Å². The van der Waals surface area contributed by atoms with Gasteiger partial charge >= 0.3 is 0 Å². The van der Waals surface area contributed by atoms with E-state index in [9.17, 15) is 4.79 Å². The van der Waals surface area contributed by atoms with Crippen LogP contribution in [0, 0.1) is 0 Å². The predicted octanol–water partition coefficient (Wildman–Crippen LogP) is 7.37. The maximum Gasteiger partial charge on any atom is 0.298 e. The number of hydrogen-bond donors (Lipinski definition) is 0. The molecule has 0 bridgehead atoms. The molecule has 0 atom stereocenters. The summed E-state index contributed by atoms with van der Waals surface area (Å²) in [6, 6.07) is 16.7. The van der Waals surface area contributed by atoms with E-state index in [1.807, 2.05) is 56.3 Å². The average molecular weight is 465 g/mol. The largest absolute Gasteiger partial charge is 0.480 e.